The van der Waals surface area contributed by atoms with Gasteiger partial charge in [-0.05, 0) is 41.5 Å². The first-order valence-electron chi connectivity index (χ1n) is 8.49. The SMILES string of the molecule is O=C1C(=Cc2ccc(OCc3ccc(Br)cc3)cc2)C(=O)c2ccccc21. The van der Waals surface area contributed by atoms with Gasteiger partial charge in [0.1, 0.15) is 12.4 Å². The lowest BCUT2D eigenvalue weighted by Crippen LogP contribution is -2.00. The van der Waals surface area contributed by atoms with E-state index in [4.69, 9.17) is 4.74 Å². The van der Waals surface area contributed by atoms with Crippen LogP contribution in [0.25, 0.3) is 6.08 Å². The molecule has 3 nitrogen and oxygen atoms in total. The molecule has 0 aliphatic heterocycles. The average molecular weight is 419 g/mol. The third-order valence-corrected chi connectivity index (χ3v) is 4.94. The maximum Gasteiger partial charge on any atom is 0.197 e. The number of carbonyl (C=O) groups excluding carboxylic acids is 2. The van der Waals surface area contributed by atoms with Crippen LogP contribution in [0.2, 0.25) is 0 Å². The van der Waals surface area contributed by atoms with Crippen molar-refractivity contribution in [2.75, 3.05) is 0 Å². The van der Waals surface area contributed by atoms with Gasteiger partial charge in [0.2, 0.25) is 0 Å². The van der Waals surface area contributed by atoms with Crippen molar-refractivity contribution in [3.8, 4) is 5.75 Å². The molecule has 0 heterocycles. The largest absolute Gasteiger partial charge is 0.489 e. The summed E-state index contributed by atoms with van der Waals surface area (Å²) in [5.74, 6) is 0.296. The first-order valence-corrected chi connectivity index (χ1v) is 9.28. The van der Waals surface area contributed by atoms with Gasteiger partial charge in [0.25, 0.3) is 0 Å². The minimum absolute atomic E-state index is 0.208. The van der Waals surface area contributed by atoms with Crippen LogP contribution in [-0.4, -0.2) is 11.6 Å². The number of Topliss-reactive ketones (excluding diaryl/α,β-unsaturated/α-hetero) is 2. The predicted octanol–water partition coefficient (Wildman–Crippen LogP) is 5.49. The van der Waals surface area contributed by atoms with Crippen LogP contribution in [0.4, 0.5) is 0 Å². The maximum absolute atomic E-state index is 12.4. The van der Waals surface area contributed by atoms with Crippen molar-refractivity contribution in [2.24, 2.45) is 0 Å². The Hall–Kier alpha value is -2.98. The fourth-order valence-corrected chi connectivity index (χ4v) is 3.24. The molecule has 0 unspecified atom stereocenters. The molecule has 0 N–H and O–H groups in total. The van der Waals surface area contributed by atoms with E-state index >= 15 is 0 Å². The fraction of sp³-hybridized carbons (Fsp3) is 0.0435. The molecule has 0 spiro atoms. The van der Waals surface area contributed by atoms with Crippen molar-refractivity contribution >= 4 is 33.6 Å². The van der Waals surface area contributed by atoms with Crippen molar-refractivity contribution in [2.45, 2.75) is 6.61 Å². The lowest BCUT2D eigenvalue weighted by atomic mass is 10.1. The molecular weight excluding hydrogens is 404 g/mol. The molecule has 0 saturated carbocycles. The zero-order chi connectivity index (χ0) is 18.8. The second-order valence-electron chi connectivity index (χ2n) is 6.25. The number of carbonyl (C=O) groups is 2. The molecule has 27 heavy (non-hydrogen) atoms. The number of benzene rings is 3. The lowest BCUT2D eigenvalue weighted by molar-refractivity contribution is 0.0990. The van der Waals surface area contributed by atoms with Gasteiger partial charge in [-0.3, -0.25) is 9.59 Å². The summed E-state index contributed by atoms with van der Waals surface area (Å²) in [4.78, 5) is 24.9. The van der Waals surface area contributed by atoms with Gasteiger partial charge in [-0.2, -0.15) is 0 Å². The van der Waals surface area contributed by atoms with Gasteiger partial charge in [0.05, 0.1) is 5.57 Å². The van der Waals surface area contributed by atoms with Crippen molar-refractivity contribution in [3.63, 3.8) is 0 Å². The van der Waals surface area contributed by atoms with Crippen LogP contribution >= 0.6 is 15.9 Å². The van der Waals surface area contributed by atoms with Crippen LogP contribution in [0.1, 0.15) is 31.8 Å². The number of ketones is 2. The highest BCUT2D eigenvalue weighted by molar-refractivity contribution is 9.10. The normalized spacial score (nSPS) is 12.9. The van der Waals surface area contributed by atoms with E-state index in [-0.39, 0.29) is 17.1 Å². The topological polar surface area (TPSA) is 43.4 Å². The van der Waals surface area contributed by atoms with E-state index in [1.54, 1.807) is 30.3 Å². The molecular formula is C23H15BrO3. The maximum atomic E-state index is 12.4. The van der Waals surface area contributed by atoms with Crippen molar-refractivity contribution < 1.29 is 14.3 Å². The van der Waals surface area contributed by atoms with Crippen LogP contribution in [-0.2, 0) is 6.61 Å². The minimum atomic E-state index is -0.217. The van der Waals surface area contributed by atoms with E-state index < -0.39 is 0 Å². The van der Waals surface area contributed by atoms with E-state index in [1.807, 2.05) is 48.5 Å². The second kappa shape index (κ2) is 7.33. The van der Waals surface area contributed by atoms with Crippen LogP contribution in [0.15, 0.2) is 82.8 Å². The Labute approximate surface area is 165 Å². The quantitative estimate of drug-likeness (QED) is 0.415. The number of hydrogen-bond acceptors (Lipinski definition) is 3. The van der Waals surface area contributed by atoms with Gasteiger partial charge in [-0.1, -0.05) is 64.5 Å². The molecule has 132 valence electrons. The Morgan fingerprint density at radius 1 is 0.778 bits per heavy atom. The average Bonchev–Trinajstić information content (AvgIpc) is 2.94. The van der Waals surface area contributed by atoms with E-state index in [1.165, 1.54) is 0 Å². The summed E-state index contributed by atoms with van der Waals surface area (Å²) < 4.78 is 6.81. The van der Waals surface area contributed by atoms with Gasteiger partial charge in [0, 0.05) is 15.6 Å². The molecule has 0 amide bonds. The molecule has 0 atom stereocenters. The van der Waals surface area contributed by atoms with Crippen LogP contribution in [0, 0.1) is 0 Å². The standard InChI is InChI=1S/C23H15BrO3/c24-17-9-5-16(6-10-17)14-27-18-11-7-15(8-12-18)13-21-22(25)19-3-1-2-4-20(19)23(21)26/h1-13H,14H2. The number of halogens is 1. The minimum Gasteiger partial charge on any atom is -0.489 e. The predicted molar refractivity (Wildman–Crippen MR) is 108 cm³/mol. The second-order valence-corrected chi connectivity index (χ2v) is 7.16. The van der Waals surface area contributed by atoms with Gasteiger partial charge >= 0.3 is 0 Å². The summed E-state index contributed by atoms with van der Waals surface area (Å²) in [6.07, 6.45) is 1.64. The van der Waals surface area contributed by atoms with Crippen molar-refractivity contribution in [1.82, 2.24) is 0 Å². The molecule has 4 rings (SSSR count). The first kappa shape index (κ1) is 17.4. The highest BCUT2D eigenvalue weighted by Crippen LogP contribution is 2.28. The Balaban J connectivity index is 1.48. The Morgan fingerprint density at radius 2 is 1.37 bits per heavy atom. The molecule has 3 aromatic rings. The third kappa shape index (κ3) is 3.62. The summed E-state index contributed by atoms with van der Waals surface area (Å²) in [7, 11) is 0. The summed E-state index contributed by atoms with van der Waals surface area (Å²) in [6, 6.07) is 22.2. The molecule has 0 saturated heterocycles. The number of hydrogen-bond donors (Lipinski definition) is 0. The Kier molecular flexibility index (Phi) is 4.73. The number of fused-ring (bicyclic) bond motifs is 1. The molecule has 0 radical (unpaired) electrons. The Bertz CT molecular complexity index is 1010. The zero-order valence-electron chi connectivity index (χ0n) is 14.3. The number of ether oxygens (including phenoxy) is 1. The highest BCUT2D eigenvalue weighted by Gasteiger charge is 2.32. The van der Waals surface area contributed by atoms with Crippen molar-refractivity contribution in [3.05, 3.63) is 105 Å². The zero-order valence-corrected chi connectivity index (χ0v) is 15.9. The molecule has 0 bridgehead atoms. The van der Waals surface area contributed by atoms with E-state index in [0.29, 0.717) is 17.7 Å². The van der Waals surface area contributed by atoms with Crippen LogP contribution in [0.5, 0.6) is 5.75 Å². The van der Waals surface area contributed by atoms with E-state index in [2.05, 4.69) is 15.9 Å². The summed E-state index contributed by atoms with van der Waals surface area (Å²) in [5.41, 5.74) is 3.02. The van der Waals surface area contributed by atoms with Crippen LogP contribution in [0.3, 0.4) is 0 Å². The number of rotatable bonds is 4. The van der Waals surface area contributed by atoms with E-state index in [9.17, 15) is 9.59 Å². The molecule has 0 aromatic heterocycles. The number of allylic oxidation sites excluding steroid dienone is 1. The van der Waals surface area contributed by atoms with Gasteiger partial charge in [0.15, 0.2) is 11.6 Å². The molecule has 1 aliphatic rings. The molecule has 3 aromatic carbocycles. The van der Waals surface area contributed by atoms with Crippen molar-refractivity contribution in [1.29, 1.82) is 0 Å². The monoisotopic (exact) mass is 418 g/mol. The molecule has 4 heteroatoms. The molecule has 0 fully saturated rings. The summed E-state index contributed by atoms with van der Waals surface area (Å²) in [5, 5.41) is 0. The van der Waals surface area contributed by atoms with Gasteiger partial charge < -0.3 is 4.74 Å². The van der Waals surface area contributed by atoms with E-state index in [0.717, 1.165) is 21.3 Å². The van der Waals surface area contributed by atoms with Gasteiger partial charge in [-0.25, -0.2) is 0 Å². The smallest absolute Gasteiger partial charge is 0.197 e. The first-order chi connectivity index (χ1) is 13.1. The van der Waals surface area contributed by atoms with Crippen LogP contribution < -0.4 is 4.74 Å². The molecule has 1 aliphatic carbocycles. The highest BCUT2D eigenvalue weighted by atomic mass is 79.9. The lowest BCUT2D eigenvalue weighted by Gasteiger charge is -2.07. The summed E-state index contributed by atoms with van der Waals surface area (Å²) in [6.45, 7) is 0.472. The third-order valence-electron chi connectivity index (χ3n) is 4.42. The fourth-order valence-electron chi connectivity index (χ4n) is 2.98. The van der Waals surface area contributed by atoms with Gasteiger partial charge in [-0.15, -0.1) is 0 Å². The summed E-state index contributed by atoms with van der Waals surface area (Å²) >= 11 is 3.41. The Morgan fingerprint density at radius 3 is 1.96 bits per heavy atom.